The smallest absolute Gasteiger partial charge is 0.205 e. The van der Waals surface area contributed by atoms with Crippen molar-refractivity contribution < 1.29 is 4.79 Å². The van der Waals surface area contributed by atoms with Crippen LogP contribution in [-0.4, -0.2) is 11.1 Å². The number of carbonyl (C=O) groups excluding carboxylic acids is 1. The molecule has 0 aromatic heterocycles. The fourth-order valence-corrected chi connectivity index (χ4v) is 1.68. The Hall–Kier alpha value is -1.07. The predicted molar refractivity (Wildman–Crippen MR) is 70.6 cm³/mol. The van der Waals surface area contributed by atoms with Crippen molar-refractivity contribution in [2.75, 3.05) is 5.33 Å². The van der Waals surface area contributed by atoms with E-state index in [9.17, 15) is 4.79 Å². The van der Waals surface area contributed by atoms with Gasteiger partial charge >= 0.3 is 0 Å². The van der Waals surface area contributed by atoms with Crippen LogP contribution in [0, 0.1) is 11.8 Å². The van der Waals surface area contributed by atoms with Crippen LogP contribution in [0.4, 0.5) is 0 Å². The lowest BCUT2D eigenvalue weighted by atomic mass is 10.1. The Balaban J connectivity index is 2.32. The molecule has 0 saturated heterocycles. The number of Topliss-reactive ketones (excluding diaryl/α,β-unsaturated/α-hetero) is 1. The van der Waals surface area contributed by atoms with Crippen molar-refractivity contribution in [2.24, 2.45) is 0 Å². The maximum atomic E-state index is 11.4. The largest absolute Gasteiger partial charge is 0.285 e. The van der Waals surface area contributed by atoms with Crippen molar-refractivity contribution >= 4 is 21.7 Å². The maximum Gasteiger partial charge on any atom is 0.205 e. The first-order valence-electron chi connectivity index (χ1n) is 5.49. The Labute approximate surface area is 105 Å². The van der Waals surface area contributed by atoms with Crippen LogP contribution in [0.2, 0.25) is 0 Å². The lowest BCUT2D eigenvalue weighted by Crippen LogP contribution is -1.93. The summed E-state index contributed by atoms with van der Waals surface area (Å²) in [7, 11) is 0. The first-order chi connectivity index (χ1) is 7.83. The number of ketones is 1. The molecule has 1 aromatic rings. The lowest BCUT2D eigenvalue weighted by Gasteiger charge is -1.93. The van der Waals surface area contributed by atoms with Crippen LogP contribution in [0.3, 0.4) is 0 Å². The number of rotatable bonds is 5. The van der Waals surface area contributed by atoms with Crippen LogP contribution in [0.15, 0.2) is 30.3 Å². The number of hydrogen-bond acceptors (Lipinski definition) is 1. The number of unbranched alkanes of at least 4 members (excludes halogenated alkanes) is 2. The molecule has 0 aliphatic carbocycles. The summed E-state index contributed by atoms with van der Waals surface area (Å²) in [5.41, 5.74) is 0.899. The van der Waals surface area contributed by atoms with Crippen LogP contribution >= 0.6 is 15.9 Å². The third kappa shape index (κ3) is 5.72. The van der Waals surface area contributed by atoms with Crippen LogP contribution in [0.1, 0.15) is 31.2 Å². The summed E-state index contributed by atoms with van der Waals surface area (Å²) in [6.45, 7) is 0. The monoisotopic (exact) mass is 278 g/mol. The van der Waals surface area contributed by atoms with E-state index in [4.69, 9.17) is 0 Å². The summed E-state index contributed by atoms with van der Waals surface area (Å²) in [6.07, 6.45) is 3.73. The molecule has 0 fully saturated rings. The zero-order valence-corrected chi connectivity index (χ0v) is 10.8. The van der Waals surface area contributed by atoms with Gasteiger partial charge in [0.2, 0.25) is 5.78 Å². The van der Waals surface area contributed by atoms with Crippen molar-refractivity contribution in [3.8, 4) is 11.8 Å². The van der Waals surface area contributed by atoms with E-state index >= 15 is 0 Å². The second-order valence-corrected chi connectivity index (χ2v) is 4.33. The van der Waals surface area contributed by atoms with Crippen LogP contribution in [0.25, 0.3) is 0 Å². The van der Waals surface area contributed by atoms with Gasteiger partial charge in [-0.2, -0.15) is 0 Å². The van der Waals surface area contributed by atoms with Crippen LogP contribution in [-0.2, 0) is 4.79 Å². The molecule has 1 nitrogen and oxygen atoms in total. The Kier molecular flexibility index (Phi) is 6.60. The van der Waals surface area contributed by atoms with Gasteiger partial charge in [-0.1, -0.05) is 46.5 Å². The molecule has 0 amide bonds. The Morgan fingerprint density at radius 3 is 2.56 bits per heavy atom. The average molecular weight is 279 g/mol. The van der Waals surface area contributed by atoms with Crippen molar-refractivity contribution in [1.82, 2.24) is 0 Å². The molecule has 1 rings (SSSR count). The standard InChI is InChI=1S/C14H15BrO/c15-12-6-2-5-9-14(16)11-10-13-7-3-1-4-8-13/h1,3-4,7-8H,2,5-6,9,12H2. The van der Waals surface area contributed by atoms with E-state index in [1.807, 2.05) is 30.3 Å². The average Bonchev–Trinajstić information content (AvgIpc) is 2.33. The van der Waals surface area contributed by atoms with Gasteiger partial charge in [-0.05, 0) is 30.9 Å². The topological polar surface area (TPSA) is 17.1 Å². The SMILES string of the molecule is O=C(C#Cc1ccccc1)CCCCCBr. The molecule has 1 aromatic carbocycles. The molecule has 0 radical (unpaired) electrons. The molecule has 0 bridgehead atoms. The van der Waals surface area contributed by atoms with E-state index in [0.717, 1.165) is 30.2 Å². The maximum absolute atomic E-state index is 11.4. The van der Waals surface area contributed by atoms with Gasteiger partial charge in [-0.3, -0.25) is 4.79 Å². The summed E-state index contributed by atoms with van der Waals surface area (Å²) in [5.74, 6) is 5.59. The van der Waals surface area contributed by atoms with Gasteiger partial charge in [-0.15, -0.1) is 0 Å². The number of hydrogen-bond donors (Lipinski definition) is 0. The van der Waals surface area contributed by atoms with Crippen LogP contribution < -0.4 is 0 Å². The third-order valence-corrected chi connectivity index (χ3v) is 2.72. The highest BCUT2D eigenvalue weighted by Crippen LogP contribution is 2.02. The molecular formula is C14H15BrO. The molecule has 0 saturated carbocycles. The summed E-state index contributed by atoms with van der Waals surface area (Å²) in [6, 6.07) is 9.60. The van der Waals surface area contributed by atoms with Gasteiger partial charge < -0.3 is 0 Å². The van der Waals surface area contributed by atoms with Gasteiger partial charge in [0.25, 0.3) is 0 Å². The molecule has 0 N–H and O–H groups in total. The van der Waals surface area contributed by atoms with Gasteiger partial charge in [0.1, 0.15) is 0 Å². The number of benzene rings is 1. The van der Waals surface area contributed by atoms with E-state index in [2.05, 4.69) is 27.8 Å². The third-order valence-electron chi connectivity index (χ3n) is 2.16. The molecule has 0 heterocycles. The van der Waals surface area contributed by atoms with Gasteiger partial charge in [0.05, 0.1) is 0 Å². The Morgan fingerprint density at radius 2 is 1.88 bits per heavy atom. The van der Waals surface area contributed by atoms with Gasteiger partial charge in [0.15, 0.2) is 0 Å². The highest BCUT2D eigenvalue weighted by Gasteiger charge is 1.96. The van der Waals surface area contributed by atoms with Crippen LogP contribution in [0.5, 0.6) is 0 Å². The normalized spacial score (nSPS) is 9.31. The molecule has 84 valence electrons. The zero-order chi connectivity index (χ0) is 11.6. The van der Waals surface area contributed by atoms with Crippen molar-refractivity contribution in [1.29, 1.82) is 0 Å². The second-order valence-electron chi connectivity index (χ2n) is 3.54. The molecular weight excluding hydrogens is 264 g/mol. The summed E-state index contributed by atoms with van der Waals surface area (Å²) < 4.78 is 0. The minimum Gasteiger partial charge on any atom is -0.285 e. The second kappa shape index (κ2) is 8.13. The molecule has 0 atom stereocenters. The van der Waals surface area contributed by atoms with Crippen molar-refractivity contribution in [3.05, 3.63) is 35.9 Å². The molecule has 0 unspecified atom stereocenters. The number of alkyl halides is 1. The molecule has 0 aliphatic rings. The lowest BCUT2D eigenvalue weighted by molar-refractivity contribution is -0.113. The first kappa shape index (κ1) is 13.0. The molecule has 0 aliphatic heterocycles. The quantitative estimate of drug-likeness (QED) is 0.457. The molecule has 2 heteroatoms. The minimum atomic E-state index is 0.0402. The number of halogens is 1. The highest BCUT2D eigenvalue weighted by atomic mass is 79.9. The van der Waals surface area contributed by atoms with E-state index in [-0.39, 0.29) is 5.78 Å². The van der Waals surface area contributed by atoms with E-state index in [1.54, 1.807) is 0 Å². The van der Waals surface area contributed by atoms with E-state index < -0.39 is 0 Å². The van der Waals surface area contributed by atoms with Gasteiger partial charge in [0, 0.05) is 17.3 Å². The molecule has 0 spiro atoms. The van der Waals surface area contributed by atoms with E-state index in [0.29, 0.717) is 6.42 Å². The Morgan fingerprint density at radius 1 is 1.12 bits per heavy atom. The summed E-state index contributed by atoms with van der Waals surface area (Å²) >= 11 is 3.37. The predicted octanol–water partition coefficient (Wildman–Crippen LogP) is 3.56. The zero-order valence-electron chi connectivity index (χ0n) is 9.21. The fourth-order valence-electron chi connectivity index (χ4n) is 1.28. The van der Waals surface area contributed by atoms with Gasteiger partial charge in [-0.25, -0.2) is 0 Å². The van der Waals surface area contributed by atoms with Crippen molar-refractivity contribution in [3.63, 3.8) is 0 Å². The highest BCUT2D eigenvalue weighted by molar-refractivity contribution is 9.09. The number of carbonyl (C=O) groups is 1. The minimum absolute atomic E-state index is 0.0402. The summed E-state index contributed by atoms with van der Waals surface area (Å²) in [5, 5.41) is 1.01. The Bertz CT molecular complexity index is 373. The van der Waals surface area contributed by atoms with E-state index in [1.165, 1.54) is 0 Å². The summed E-state index contributed by atoms with van der Waals surface area (Å²) in [4.78, 5) is 11.4. The van der Waals surface area contributed by atoms with Crippen molar-refractivity contribution in [2.45, 2.75) is 25.7 Å². The fraction of sp³-hybridized carbons (Fsp3) is 0.357. The molecule has 16 heavy (non-hydrogen) atoms. The first-order valence-corrected chi connectivity index (χ1v) is 6.61.